The van der Waals surface area contributed by atoms with Gasteiger partial charge in [-0.1, -0.05) is 0 Å². The Morgan fingerprint density at radius 3 is 2.31 bits per heavy atom. The molecule has 0 unspecified atom stereocenters. The molecule has 0 atom stereocenters. The minimum Gasteiger partial charge on any atom is -0.389 e. The molecule has 13 heavy (non-hydrogen) atoms. The van der Waals surface area contributed by atoms with Crippen LogP contribution in [0.1, 0.15) is 27.7 Å². The van der Waals surface area contributed by atoms with Crippen LogP contribution in [0.2, 0.25) is 0 Å². The topological polar surface area (TPSA) is 52.6 Å². The quantitative estimate of drug-likeness (QED) is 0.686. The summed E-state index contributed by atoms with van der Waals surface area (Å²) in [7, 11) is 0. The maximum atomic E-state index is 11.4. The Kier molecular flexibility index (Phi) is 4.77. The Balaban J connectivity index is 4.10. The van der Waals surface area contributed by atoms with Crippen molar-refractivity contribution in [2.24, 2.45) is 0 Å². The standard InChI is InChI=1S/C9H20N2O2/c1-5-10-8(12)11(6-2)7-9(3,4)13/h13H,5-7H2,1-4H3,(H,10,12). The van der Waals surface area contributed by atoms with Gasteiger partial charge < -0.3 is 15.3 Å². The molecule has 0 aliphatic rings. The van der Waals surface area contributed by atoms with Crippen molar-refractivity contribution in [1.82, 2.24) is 10.2 Å². The Morgan fingerprint density at radius 2 is 2.00 bits per heavy atom. The second-order valence-corrected chi connectivity index (χ2v) is 3.66. The number of hydrogen-bond acceptors (Lipinski definition) is 2. The predicted molar refractivity (Wildman–Crippen MR) is 52.6 cm³/mol. The molecule has 0 bridgehead atoms. The van der Waals surface area contributed by atoms with E-state index in [9.17, 15) is 9.90 Å². The maximum Gasteiger partial charge on any atom is 0.317 e. The number of carbonyl (C=O) groups is 1. The zero-order valence-corrected chi connectivity index (χ0v) is 8.92. The van der Waals surface area contributed by atoms with Crippen molar-refractivity contribution in [3.8, 4) is 0 Å². The SMILES string of the molecule is CCNC(=O)N(CC)CC(C)(C)O. The third-order valence-corrected chi connectivity index (χ3v) is 1.57. The van der Waals surface area contributed by atoms with E-state index in [1.54, 1.807) is 18.7 Å². The number of nitrogens with zero attached hydrogens (tertiary/aromatic N) is 1. The lowest BCUT2D eigenvalue weighted by Gasteiger charge is -2.27. The summed E-state index contributed by atoms with van der Waals surface area (Å²) in [6.45, 7) is 8.72. The van der Waals surface area contributed by atoms with Gasteiger partial charge in [-0.25, -0.2) is 4.79 Å². The molecule has 0 aromatic rings. The van der Waals surface area contributed by atoms with Crippen LogP contribution < -0.4 is 5.32 Å². The summed E-state index contributed by atoms with van der Waals surface area (Å²) in [6.07, 6.45) is 0. The van der Waals surface area contributed by atoms with Gasteiger partial charge in [-0.3, -0.25) is 0 Å². The minimum atomic E-state index is -0.832. The number of aliphatic hydroxyl groups is 1. The maximum absolute atomic E-state index is 11.4. The van der Waals surface area contributed by atoms with Gasteiger partial charge >= 0.3 is 6.03 Å². The summed E-state index contributed by atoms with van der Waals surface area (Å²) in [6, 6.07) is -0.118. The second kappa shape index (κ2) is 5.07. The highest BCUT2D eigenvalue weighted by Gasteiger charge is 2.20. The summed E-state index contributed by atoms with van der Waals surface area (Å²) in [4.78, 5) is 12.9. The highest BCUT2D eigenvalue weighted by atomic mass is 16.3. The highest BCUT2D eigenvalue weighted by molar-refractivity contribution is 5.74. The summed E-state index contributed by atoms with van der Waals surface area (Å²) >= 11 is 0. The molecule has 0 rings (SSSR count). The van der Waals surface area contributed by atoms with Gasteiger partial charge in [0.05, 0.1) is 12.1 Å². The highest BCUT2D eigenvalue weighted by Crippen LogP contribution is 2.04. The summed E-state index contributed by atoms with van der Waals surface area (Å²) in [5, 5.41) is 12.2. The number of carbonyl (C=O) groups excluding carboxylic acids is 1. The van der Waals surface area contributed by atoms with Crippen LogP contribution in [-0.2, 0) is 0 Å². The first-order chi connectivity index (χ1) is 5.90. The zero-order valence-electron chi connectivity index (χ0n) is 8.92. The summed E-state index contributed by atoms with van der Waals surface area (Å²) in [5.41, 5.74) is -0.832. The molecule has 78 valence electrons. The van der Waals surface area contributed by atoms with Crippen LogP contribution in [0.3, 0.4) is 0 Å². The van der Waals surface area contributed by atoms with E-state index in [-0.39, 0.29) is 6.03 Å². The fraction of sp³-hybridized carbons (Fsp3) is 0.889. The Hall–Kier alpha value is -0.770. The molecule has 4 nitrogen and oxygen atoms in total. The van der Waals surface area contributed by atoms with Gasteiger partial charge in [-0.05, 0) is 27.7 Å². The molecular formula is C9H20N2O2. The van der Waals surface area contributed by atoms with Crippen LogP contribution in [0.25, 0.3) is 0 Å². The van der Waals surface area contributed by atoms with Crippen molar-refractivity contribution >= 4 is 6.03 Å². The molecule has 0 radical (unpaired) electrons. The first kappa shape index (κ1) is 12.2. The number of amides is 2. The van der Waals surface area contributed by atoms with Crippen LogP contribution in [0.15, 0.2) is 0 Å². The van der Waals surface area contributed by atoms with Crippen LogP contribution in [0.4, 0.5) is 4.79 Å². The van der Waals surface area contributed by atoms with Crippen molar-refractivity contribution in [3.63, 3.8) is 0 Å². The lowest BCUT2D eigenvalue weighted by molar-refractivity contribution is 0.0481. The Bertz CT molecular complexity index is 163. The Labute approximate surface area is 79.9 Å². The average Bonchev–Trinajstić information content (AvgIpc) is 1.99. The first-order valence-corrected chi connectivity index (χ1v) is 4.66. The van der Waals surface area contributed by atoms with Gasteiger partial charge in [-0.15, -0.1) is 0 Å². The van der Waals surface area contributed by atoms with Crippen molar-refractivity contribution in [2.75, 3.05) is 19.6 Å². The van der Waals surface area contributed by atoms with E-state index >= 15 is 0 Å². The second-order valence-electron chi connectivity index (χ2n) is 3.66. The lowest BCUT2D eigenvalue weighted by atomic mass is 10.1. The molecular weight excluding hydrogens is 168 g/mol. The molecule has 0 heterocycles. The third-order valence-electron chi connectivity index (χ3n) is 1.57. The molecule has 2 amide bonds. The van der Waals surface area contributed by atoms with Gasteiger partial charge in [0.15, 0.2) is 0 Å². The number of nitrogens with one attached hydrogen (secondary N) is 1. The molecule has 0 aromatic heterocycles. The van der Waals surface area contributed by atoms with Crippen LogP contribution in [0, 0.1) is 0 Å². The van der Waals surface area contributed by atoms with E-state index < -0.39 is 5.60 Å². The number of hydrogen-bond donors (Lipinski definition) is 2. The normalized spacial score (nSPS) is 11.2. The molecule has 0 saturated carbocycles. The van der Waals surface area contributed by atoms with E-state index in [0.717, 1.165) is 0 Å². The smallest absolute Gasteiger partial charge is 0.317 e. The number of likely N-dealkylation sites (N-methyl/N-ethyl adjacent to an activating group) is 1. The van der Waals surface area contributed by atoms with Crippen LogP contribution in [0.5, 0.6) is 0 Å². The average molecular weight is 188 g/mol. The monoisotopic (exact) mass is 188 g/mol. The molecule has 0 aliphatic heterocycles. The van der Waals surface area contributed by atoms with Gasteiger partial charge in [-0.2, -0.15) is 0 Å². The minimum absolute atomic E-state index is 0.118. The number of rotatable bonds is 4. The third kappa shape index (κ3) is 5.47. The van der Waals surface area contributed by atoms with Gasteiger partial charge in [0.2, 0.25) is 0 Å². The van der Waals surface area contributed by atoms with E-state index in [1.165, 1.54) is 0 Å². The first-order valence-electron chi connectivity index (χ1n) is 4.66. The summed E-state index contributed by atoms with van der Waals surface area (Å²) < 4.78 is 0. The molecule has 4 heteroatoms. The fourth-order valence-electron chi connectivity index (χ4n) is 1.06. The molecule has 0 aliphatic carbocycles. The Morgan fingerprint density at radius 1 is 1.46 bits per heavy atom. The van der Waals surface area contributed by atoms with Gasteiger partial charge in [0.1, 0.15) is 0 Å². The number of urea groups is 1. The van der Waals surface area contributed by atoms with Crippen molar-refractivity contribution in [1.29, 1.82) is 0 Å². The van der Waals surface area contributed by atoms with E-state index in [4.69, 9.17) is 0 Å². The predicted octanol–water partition coefficient (Wildman–Crippen LogP) is 0.809. The van der Waals surface area contributed by atoms with E-state index in [1.807, 2.05) is 13.8 Å². The van der Waals surface area contributed by atoms with Gasteiger partial charge in [0, 0.05) is 13.1 Å². The van der Waals surface area contributed by atoms with Crippen molar-refractivity contribution in [2.45, 2.75) is 33.3 Å². The van der Waals surface area contributed by atoms with Crippen molar-refractivity contribution in [3.05, 3.63) is 0 Å². The molecule has 0 fully saturated rings. The summed E-state index contributed by atoms with van der Waals surface area (Å²) in [5.74, 6) is 0. The van der Waals surface area contributed by atoms with Crippen molar-refractivity contribution < 1.29 is 9.90 Å². The van der Waals surface area contributed by atoms with Crippen LogP contribution >= 0.6 is 0 Å². The van der Waals surface area contributed by atoms with E-state index in [0.29, 0.717) is 19.6 Å². The van der Waals surface area contributed by atoms with Crippen LogP contribution in [-0.4, -0.2) is 41.3 Å². The lowest BCUT2D eigenvalue weighted by Crippen LogP contribution is -2.46. The zero-order chi connectivity index (χ0) is 10.5. The molecule has 0 aromatic carbocycles. The molecule has 0 saturated heterocycles. The van der Waals surface area contributed by atoms with E-state index in [2.05, 4.69) is 5.32 Å². The molecule has 2 N–H and O–H groups in total. The largest absolute Gasteiger partial charge is 0.389 e. The van der Waals surface area contributed by atoms with Gasteiger partial charge in [0.25, 0.3) is 0 Å². The molecule has 0 spiro atoms. The fourth-order valence-corrected chi connectivity index (χ4v) is 1.06.